The highest BCUT2D eigenvalue weighted by Crippen LogP contribution is 2.49. The first-order valence-corrected chi connectivity index (χ1v) is 12.0. The fourth-order valence-electron chi connectivity index (χ4n) is 2.91. The van der Waals surface area contributed by atoms with Gasteiger partial charge in [0.05, 0.1) is 25.9 Å². The maximum absolute atomic E-state index is 12.6. The highest BCUT2D eigenvalue weighted by Gasteiger charge is 2.29. The minimum Gasteiger partial charge on any atom is -0.467 e. The Morgan fingerprint density at radius 3 is 2.29 bits per heavy atom. The summed E-state index contributed by atoms with van der Waals surface area (Å²) in [4.78, 5) is 36.1. The molecular weight excluding hydrogens is 465 g/mol. The van der Waals surface area contributed by atoms with Gasteiger partial charge in [-0.25, -0.2) is 14.2 Å². The van der Waals surface area contributed by atoms with Crippen LogP contribution in [0.1, 0.15) is 35.3 Å². The molecule has 11 heteroatoms. The third-order valence-electron chi connectivity index (χ3n) is 4.42. The van der Waals surface area contributed by atoms with Crippen molar-refractivity contribution in [3.63, 3.8) is 0 Å². The summed E-state index contributed by atoms with van der Waals surface area (Å²) in [6.45, 7) is 3.45. The monoisotopic (exact) mass is 493 g/mol. The summed E-state index contributed by atoms with van der Waals surface area (Å²) in [5.41, 5.74) is 1.36. The van der Waals surface area contributed by atoms with E-state index in [-0.39, 0.29) is 37.6 Å². The number of ether oxygens (including phenoxy) is 2. The van der Waals surface area contributed by atoms with E-state index in [0.29, 0.717) is 11.8 Å². The van der Waals surface area contributed by atoms with Crippen LogP contribution in [0.25, 0.3) is 0 Å². The summed E-state index contributed by atoms with van der Waals surface area (Å²) < 4.78 is 38.1. The van der Waals surface area contributed by atoms with Gasteiger partial charge in [-0.1, -0.05) is 36.4 Å². The third kappa shape index (κ3) is 8.30. The van der Waals surface area contributed by atoms with Crippen molar-refractivity contribution in [3.8, 4) is 5.75 Å². The molecule has 1 N–H and O–H groups in total. The predicted octanol–water partition coefficient (Wildman–Crippen LogP) is 4.07. The van der Waals surface area contributed by atoms with Crippen LogP contribution in [-0.2, 0) is 40.9 Å². The second kappa shape index (κ2) is 13.5. The van der Waals surface area contributed by atoms with Crippen molar-refractivity contribution in [2.45, 2.75) is 32.9 Å². The first kappa shape index (κ1) is 27.0. The number of methoxy groups -OCH3 is 1. The normalized spacial score (nSPS) is 11.9. The van der Waals surface area contributed by atoms with Crippen molar-refractivity contribution >= 4 is 26.2 Å². The zero-order valence-electron chi connectivity index (χ0n) is 19.2. The van der Waals surface area contributed by atoms with Crippen LogP contribution in [0.5, 0.6) is 5.75 Å². The van der Waals surface area contributed by atoms with E-state index >= 15 is 0 Å². The quantitative estimate of drug-likeness (QED) is 0.250. The SMILES string of the molecule is CCOP(=O)(OCC)Oc1ccc(CC(NC(=O)OCc2ccccc2)C(=O)OC)cc1C=O. The van der Waals surface area contributed by atoms with Crippen LogP contribution in [0.4, 0.5) is 4.79 Å². The molecule has 0 saturated heterocycles. The summed E-state index contributed by atoms with van der Waals surface area (Å²) in [6, 6.07) is 12.4. The standard InChI is InChI=1S/C23H28NO9P/c1-4-31-34(28,32-5-2)33-21-12-11-18(13-19(21)15-25)14-20(22(26)29-3)24-23(27)30-16-17-9-7-6-8-10-17/h6-13,15,20H,4-5,14,16H2,1-3H3,(H,24,27). The molecule has 184 valence electrons. The Morgan fingerprint density at radius 1 is 1.03 bits per heavy atom. The molecule has 0 radical (unpaired) electrons. The van der Waals surface area contributed by atoms with Crippen molar-refractivity contribution in [1.82, 2.24) is 5.32 Å². The molecule has 2 aromatic carbocycles. The van der Waals surface area contributed by atoms with E-state index in [2.05, 4.69) is 5.32 Å². The molecule has 10 nitrogen and oxygen atoms in total. The van der Waals surface area contributed by atoms with E-state index in [1.807, 2.05) is 18.2 Å². The maximum atomic E-state index is 12.6. The molecule has 1 amide bonds. The summed E-state index contributed by atoms with van der Waals surface area (Å²) in [7, 11) is -2.71. The molecular formula is C23H28NO9P. The largest absolute Gasteiger partial charge is 0.530 e. The Bertz CT molecular complexity index is 1000. The van der Waals surface area contributed by atoms with Gasteiger partial charge in [-0.2, -0.15) is 0 Å². The second-order valence-corrected chi connectivity index (χ2v) is 8.44. The zero-order valence-corrected chi connectivity index (χ0v) is 20.1. The van der Waals surface area contributed by atoms with Gasteiger partial charge < -0.3 is 19.3 Å². The van der Waals surface area contributed by atoms with E-state index in [4.69, 9.17) is 23.0 Å². The van der Waals surface area contributed by atoms with Gasteiger partial charge in [-0.05, 0) is 37.1 Å². The number of alkyl carbamates (subject to hydrolysis) is 1. The average molecular weight is 493 g/mol. The van der Waals surface area contributed by atoms with E-state index in [1.54, 1.807) is 32.0 Å². The Hall–Kier alpha value is -3.20. The summed E-state index contributed by atoms with van der Waals surface area (Å²) in [6.07, 6.45) is -0.289. The fraction of sp³-hybridized carbons (Fsp3) is 0.348. The van der Waals surface area contributed by atoms with Gasteiger partial charge in [-0.3, -0.25) is 13.8 Å². The number of hydrogen-bond donors (Lipinski definition) is 1. The number of carbonyl (C=O) groups is 3. The number of rotatable bonds is 13. The Morgan fingerprint density at radius 2 is 1.71 bits per heavy atom. The summed E-state index contributed by atoms with van der Waals surface area (Å²) >= 11 is 0. The Kier molecular flexibility index (Phi) is 10.7. The number of phosphoric ester groups is 1. The van der Waals surface area contributed by atoms with Gasteiger partial charge in [0, 0.05) is 6.42 Å². The lowest BCUT2D eigenvalue weighted by molar-refractivity contribution is -0.143. The molecule has 0 aliphatic carbocycles. The minimum atomic E-state index is -3.90. The lowest BCUT2D eigenvalue weighted by Gasteiger charge is -2.19. The van der Waals surface area contributed by atoms with Crippen LogP contribution in [0, 0.1) is 0 Å². The highest BCUT2D eigenvalue weighted by molar-refractivity contribution is 7.48. The molecule has 0 saturated carbocycles. The zero-order chi connectivity index (χ0) is 25.0. The maximum Gasteiger partial charge on any atom is 0.530 e. The molecule has 0 heterocycles. The molecule has 2 rings (SSSR count). The Labute approximate surface area is 198 Å². The van der Waals surface area contributed by atoms with Gasteiger partial charge in [-0.15, -0.1) is 0 Å². The van der Waals surface area contributed by atoms with Crippen LogP contribution in [0.2, 0.25) is 0 Å². The fourth-order valence-corrected chi connectivity index (χ4v) is 4.12. The molecule has 34 heavy (non-hydrogen) atoms. The van der Waals surface area contributed by atoms with Gasteiger partial charge >= 0.3 is 19.9 Å². The van der Waals surface area contributed by atoms with Crippen LogP contribution >= 0.6 is 7.82 Å². The van der Waals surface area contributed by atoms with Crippen LogP contribution in [0.15, 0.2) is 48.5 Å². The minimum absolute atomic E-state index is 0.00279. The van der Waals surface area contributed by atoms with Crippen LogP contribution in [0.3, 0.4) is 0 Å². The number of nitrogens with one attached hydrogen (secondary N) is 1. The van der Waals surface area contributed by atoms with E-state index in [1.165, 1.54) is 19.2 Å². The molecule has 0 aliphatic heterocycles. The smallest absolute Gasteiger partial charge is 0.467 e. The molecule has 0 bridgehead atoms. The van der Waals surface area contributed by atoms with Crippen molar-refractivity contribution in [3.05, 3.63) is 65.2 Å². The number of amides is 1. The molecule has 0 fully saturated rings. The summed E-state index contributed by atoms with van der Waals surface area (Å²) in [5, 5.41) is 2.47. The molecule has 1 atom stereocenters. The van der Waals surface area contributed by atoms with E-state index < -0.39 is 25.9 Å². The number of phosphoric acid groups is 1. The van der Waals surface area contributed by atoms with Crippen molar-refractivity contribution < 1.29 is 42.0 Å². The van der Waals surface area contributed by atoms with Crippen LogP contribution in [-0.4, -0.2) is 44.7 Å². The van der Waals surface area contributed by atoms with Gasteiger partial charge in [0.2, 0.25) is 0 Å². The topological polar surface area (TPSA) is 126 Å². The summed E-state index contributed by atoms with van der Waals surface area (Å²) in [5.74, 6) is -0.698. The molecule has 2 aromatic rings. The number of hydrogen-bond acceptors (Lipinski definition) is 9. The first-order valence-electron chi connectivity index (χ1n) is 10.6. The number of benzene rings is 2. The Balaban J connectivity index is 2.12. The van der Waals surface area contributed by atoms with Gasteiger partial charge in [0.15, 0.2) is 6.29 Å². The number of aldehydes is 1. The number of esters is 1. The lowest BCUT2D eigenvalue weighted by Crippen LogP contribution is -2.43. The van der Waals surface area contributed by atoms with Crippen molar-refractivity contribution in [1.29, 1.82) is 0 Å². The van der Waals surface area contributed by atoms with E-state index in [0.717, 1.165) is 5.56 Å². The first-order chi connectivity index (χ1) is 16.3. The number of carbonyl (C=O) groups excluding carboxylic acids is 3. The van der Waals surface area contributed by atoms with Gasteiger partial charge in [0.25, 0.3) is 0 Å². The van der Waals surface area contributed by atoms with E-state index in [9.17, 15) is 18.9 Å². The molecule has 0 aromatic heterocycles. The lowest BCUT2D eigenvalue weighted by atomic mass is 10.0. The van der Waals surface area contributed by atoms with Crippen molar-refractivity contribution in [2.75, 3.05) is 20.3 Å². The third-order valence-corrected chi connectivity index (χ3v) is 5.99. The van der Waals surface area contributed by atoms with Gasteiger partial charge in [0.1, 0.15) is 18.4 Å². The van der Waals surface area contributed by atoms with Crippen LogP contribution < -0.4 is 9.84 Å². The van der Waals surface area contributed by atoms with Crippen molar-refractivity contribution in [2.24, 2.45) is 0 Å². The average Bonchev–Trinajstić information content (AvgIpc) is 2.83. The molecule has 0 spiro atoms. The highest BCUT2D eigenvalue weighted by atomic mass is 31.2. The predicted molar refractivity (Wildman–Crippen MR) is 123 cm³/mol. The molecule has 0 aliphatic rings. The second-order valence-electron chi connectivity index (χ2n) is 6.85. The molecule has 1 unspecified atom stereocenters.